The molecule has 3 aliphatic rings. The Bertz CT molecular complexity index is 1260. The van der Waals surface area contributed by atoms with Crippen LogP contribution in [0.1, 0.15) is 41.3 Å². The highest BCUT2D eigenvalue weighted by molar-refractivity contribution is 6.22. The molecule has 1 aromatic rings. The minimum absolute atomic E-state index is 0.0240. The third kappa shape index (κ3) is 3.29. The third-order valence-electron chi connectivity index (χ3n) is 7.02. The minimum atomic E-state index is -2.64. The van der Waals surface area contributed by atoms with E-state index < -0.39 is 70.1 Å². The zero-order valence-electron chi connectivity index (χ0n) is 19.4. The number of benzene rings is 1. The first-order valence-electron chi connectivity index (χ1n) is 11.1. The summed E-state index contributed by atoms with van der Waals surface area (Å²) in [6.45, 7) is 1.64. The number of anilines is 1. The molecule has 11 nitrogen and oxygen atoms in total. The summed E-state index contributed by atoms with van der Waals surface area (Å²) in [5.41, 5.74) is 1.99. The Kier molecular flexibility index (Phi) is 5.63. The van der Waals surface area contributed by atoms with E-state index in [0.717, 1.165) is 0 Å². The Balaban J connectivity index is 1.97. The fraction of sp³-hybridized carbons (Fsp3) is 0.417. The number of esters is 1. The van der Waals surface area contributed by atoms with Gasteiger partial charge in [-0.3, -0.25) is 14.4 Å². The van der Waals surface area contributed by atoms with Crippen LogP contribution in [0.15, 0.2) is 23.0 Å². The molecule has 35 heavy (non-hydrogen) atoms. The maximum Gasteiger partial charge on any atom is 0.342 e. The van der Waals surface area contributed by atoms with Crippen molar-refractivity contribution in [1.82, 2.24) is 0 Å². The van der Waals surface area contributed by atoms with Gasteiger partial charge >= 0.3 is 5.97 Å². The maximum absolute atomic E-state index is 13.6. The highest BCUT2D eigenvalue weighted by Gasteiger charge is 2.60. The summed E-state index contributed by atoms with van der Waals surface area (Å²) in [7, 11) is 3.41. The van der Waals surface area contributed by atoms with E-state index in [1.54, 1.807) is 25.9 Å². The molecule has 3 aliphatic carbocycles. The number of Topliss-reactive ketones (excluding diaryl/α,β-unsaturated/α-hetero) is 2. The van der Waals surface area contributed by atoms with Gasteiger partial charge < -0.3 is 35.8 Å². The number of aromatic hydroxyl groups is 1. The SMILES string of the molecule is CCOC(=O)c1cc(N(C)C)c2c(c1O)C(O)=C1C(=O)[C@]3(O)C(O)=C(C(N)=O)C(=O)C[C@@H]3C[C@@H]1C2. The summed E-state index contributed by atoms with van der Waals surface area (Å²) in [4.78, 5) is 51.9. The number of fused-ring (bicyclic) bond motifs is 3. The molecule has 1 amide bonds. The molecular weight excluding hydrogens is 460 g/mol. The second-order valence-corrected chi connectivity index (χ2v) is 9.17. The van der Waals surface area contributed by atoms with Gasteiger partial charge in [0.05, 0.1) is 12.2 Å². The van der Waals surface area contributed by atoms with Gasteiger partial charge in [-0.1, -0.05) is 0 Å². The van der Waals surface area contributed by atoms with Gasteiger partial charge in [0.25, 0.3) is 5.91 Å². The van der Waals surface area contributed by atoms with Crippen LogP contribution in [0.25, 0.3) is 5.76 Å². The highest BCUT2D eigenvalue weighted by Crippen LogP contribution is 2.53. The molecule has 6 N–H and O–H groups in total. The Morgan fingerprint density at radius 3 is 2.43 bits per heavy atom. The van der Waals surface area contributed by atoms with Crippen LogP contribution in [0.4, 0.5) is 5.69 Å². The Morgan fingerprint density at radius 1 is 1.20 bits per heavy atom. The maximum atomic E-state index is 13.6. The van der Waals surface area contributed by atoms with Crippen LogP contribution in [-0.4, -0.2) is 70.2 Å². The number of primary amides is 1. The summed E-state index contributed by atoms with van der Waals surface area (Å²) in [6, 6.07) is 1.43. The number of nitrogens with zero attached hydrogens (tertiary/aromatic N) is 1. The molecule has 0 heterocycles. The minimum Gasteiger partial charge on any atom is -0.508 e. The molecule has 0 spiro atoms. The number of nitrogens with two attached hydrogens (primary N) is 1. The Labute approximate surface area is 200 Å². The summed E-state index contributed by atoms with van der Waals surface area (Å²) in [5.74, 6) is -8.11. The number of ketones is 2. The molecule has 4 rings (SSSR count). The van der Waals surface area contributed by atoms with E-state index in [9.17, 15) is 39.6 Å². The number of rotatable bonds is 4. The van der Waals surface area contributed by atoms with E-state index in [1.807, 2.05) is 0 Å². The van der Waals surface area contributed by atoms with Crippen LogP contribution in [0.2, 0.25) is 0 Å². The Hall–Kier alpha value is -3.86. The number of phenolic OH excluding ortho intramolecular Hbond substituents is 1. The summed E-state index contributed by atoms with van der Waals surface area (Å²) >= 11 is 0. The standard InChI is InChI=1S/C24H26N2O9/c1-4-35-23(33)12-8-13(26(2)3)11-6-9-5-10-7-14(27)17(22(25)32)21(31)24(10,34)20(30)15(9)19(29)16(11)18(12)28/h8-10,28-29,31,34H,4-7H2,1-3H3,(H2,25,32)/t9-,10+,24+/m1/s1. The molecule has 1 aromatic carbocycles. The van der Waals surface area contributed by atoms with Gasteiger partial charge in [0.15, 0.2) is 11.4 Å². The highest BCUT2D eigenvalue weighted by atomic mass is 16.5. The predicted molar refractivity (Wildman–Crippen MR) is 122 cm³/mol. The molecule has 0 unspecified atom stereocenters. The summed E-state index contributed by atoms with van der Waals surface area (Å²) in [6.07, 6.45) is -0.232. The number of carbonyl (C=O) groups excluding carboxylic acids is 4. The molecule has 1 saturated carbocycles. The lowest BCUT2D eigenvalue weighted by Crippen LogP contribution is -2.58. The van der Waals surface area contributed by atoms with Crippen molar-refractivity contribution < 1.29 is 44.3 Å². The number of aliphatic hydroxyl groups excluding tert-OH is 2. The van der Waals surface area contributed by atoms with Crippen LogP contribution in [0.5, 0.6) is 5.75 Å². The van der Waals surface area contributed by atoms with Crippen molar-refractivity contribution in [2.24, 2.45) is 17.6 Å². The van der Waals surface area contributed by atoms with Crippen molar-refractivity contribution in [1.29, 1.82) is 0 Å². The van der Waals surface area contributed by atoms with Crippen molar-refractivity contribution in [3.05, 3.63) is 39.7 Å². The normalized spacial score (nSPS) is 25.6. The molecule has 0 radical (unpaired) electrons. The fourth-order valence-corrected chi connectivity index (χ4v) is 5.43. The zero-order valence-corrected chi connectivity index (χ0v) is 19.4. The van der Waals surface area contributed by atoms with E-state index >= 15 is 0 Å². The van der Waals surface area contributed by atoms with E-state index in [-0.39, 0.29) is 36.1 Å². The van der Waals surface area contributed by atoms with Crippen molar-refractivity contribution >= 4 is 34.9 Å². The number of hydrogen-bond acceptors (Lipinski definition) is 10. The van der Waals surface area contributed by atoms with Crippen molar-refractivity contribution in [2.45, 2.75) is 31.8 Å². The van der Waals surface area contributed by atoms with E-state index in [4.69, 9.17) is 10.5 Å². The number of aliphatic hydroxyl groups is 3. The average molecular weight is 486 g/mol. The fourth-order valence-electron chi connectivity index (χ4n) is 5.43. The molecular formula is C24H26N2O9. The van der Waals surface area contributed by atoms with Gasteiger partial charge in [0, 0.05) is 37.7 Å². The van der Waals surface area contributed by atoms with Crippen LogP contribution < -0.4 is 10.6 Å². The van der Waals surface area contributed by atoms with Gasteiger partial charge in [-0.15, -0.1) is 0 Å². The lowest BCUT2D eigenvalue weighted by molar-refractivity contribution is -0.147. The molecule has 0 bridgehead atoms. The van der Waals surface area contributed by atoms with Gasteiger partial charge in [-0.05, 0) is 37.3 Å². The zero-order chi connectivity index (χ0) is 26.0. The summed E-state index contributed by atoms with van der Waals surface area (Å²) in [5, 5.41) is 44.1. The van der Waals surface area contributed by atoms with Gasteiger partial charge in [0.2, 0.25) is 5.78 Å². The third-order valence-corrected chi connectivity index (χ3v) is 7.02. The quantitative estimate of drug-likeness (QED) is 0.299. The average Bonchev–Trinajstić information content (AvgIpc) is 2.76. The first-order valence-corrected chi connectivity index (χ1v) is 11.1. The van der Waals surface area contributed by atoms with Crippen molar-refractivity contribution in [3.63, 3.8) is 0 Å². The van der Waals surface area contributed by atoms with Crippen molar-refractivity contribution in [2.75, 3.05) is 25.6 Å². The van der Waals surface area contributed by atoms with Crippen LogP contribution in [-0.2, 0) is 25.5 Å². The van der Waals surface area contributed by atoms with Crippen LogP contribution >= 0.6 is 0 Å². The lowest BCUT2D eigenvalue weighted by atomic mass is 9.59. The largest absolute Gasteiger partial charge is 0.508 e. The second-order valence-electron chi connectivity index (χ2n) is 9.17. The van der Waals surface area contributed by atoms with E-state index in [1.165, 1.54) is 6.07 Å². The van der Waals surface area contributed by atoms with Gasteiger partial charge in [-0.2, -0.15) is 0 Å². The summed E-state index contributed by atoms with van der Waals surface area (Å²) < 4.78 is 5.01. The number of carbonyl (C=O) groups is 4. The van der Waals surface area contributed by atoms with E-state index in [0.29, 0.717) is 11.3 Å². The van der Waals surface area contributed by atoms with Crippen LogP contribution in [0.3, 0.4) is 0 Å². The molecule has 1 fully saturated rings. The van der Waals surface area contributed by atoms with Gasteiger partial charge in [-0.25, -0.2) is 4.79 Å². The number of hydrogen-bond donors (Lipinski definition) is 5. The first kappa shape index (κ1) is 24.3. The molecule has 0 saturated heterocycles. The molecule has 0 aliphatic heterocycles. The monoisotopic (exact) mass is 486 g/mol. The number of amides is 1. The Morgan fingerprint density at radius 2 is 1.86 bits per heavy atom. The molecule has 3 atom stereocenters. The number of ether oxygens (including phenoxy) is 1. The van der Waals surface area contributed by atoms with Gasteiger partial charge in [0.1, 0.15) is 28.4 Å². The molecule has 11 heteroatoms. The second kappa shape index (κ2) is 8.12. The van der Waals surface area contributed by atoms with Crippen molar-refractivity contribution in [3.8, 4) is 5.75 Å². The molecule has 0 aromatic heterocycles. The van der Waals surface area contributed by atoms with E-state index in [2.05, 4.69) is 0 Å². The first-order chi connectivity index (χ1) is 16.4. The molecule has 186 valence electrons. The predicted octanol–water partition coefficient (Wildman–Crippen LogP) is 0.667. The van der Waals surface area contributed by atoms with Crippen LogP contribution in [0, 0.1) is 11.8 Å². The lowest BCUT2D eigenvalue weighted by Gasteiger charge is -2.46. The number of phenols is 1. The smallest absolute Gasteiger partial charge is 0.342 e. The topological polar surface area (TPSA) is 188 Å².